The molecule has 0 unspecified atom stereocenters. The highest BCUT2D eigenvalue weighted by Gasteiger charge is 2.20. The first-order valence-corrected chi connectivity index (χ1v) is 8.30. The molecule has 0 aliphatic heterocycles. The molecule has 0 saturated heterocycles. The number of hydrogen-bond donors (Lipinski definition) is 1. The lowest BCUT2D eigenvalue weighted by atomic mass is 10.0. The van der Waals surface area contributed by atoms with Gasteiger partial charge in [0.2, 0.25) is 0 Å². The van der Waals surface area contributed by atoms with E-state index in [1.165, 1.54) is 5.56 Å². The number of nitrogens with two attached hydrogens (primary N) is 1. The summed E-state index contributed by atoms with van der Waals surface area (Å²) in [5.74, 6) is 1.29. The quantitative estimate of drug-likeness (QED) is 0.746. The van der Waals surface area contributed by atoms with E-state index in [4.69, 9.17) is 10.7 Å². The van der Waals surface area contributed by atoms with Crippen molar-refractivity contribution in [3.8, 4) is 0 Å². The van der Waals surface area contributed by atoms with Gasteiger partial charge in [0, 0.05) is 11.0 Å². The Kier molecular flexibility index (Phi) is 4.32. The Hall–Kier alpha value is -1.65. The van der Waals surface area contributed by atoms with E-state index in [1.54, 1.807) is 0 Å². The Morgan fingerprint density at radius 2 is 1.86 bits per heavy atom. The van der Waals surface area contributed by atoms with Crippen LogP contribution in [-0.2, 0) is 6.54 Å². The molecule has 0 radical (unpaired) electrons. The van der Waals surface area contributed by atoms with Crippen LogP contribution in [0.5, 0.6) is 0 Å². The molecular formula is C18H20BrN3. The number of fused-ring (bicyclic) bond motifs is 1. The molecule has 3 aromatic rings. The lowest BCUT2D eigenvalue weighted by Crippen LogP contribution is -2.22. The topological polar surface area (TPSA) is 43.8 Å². The molecule has 22 heavy (non-hydrogen) atoms. The highest BCUT2D eigenvalue weighted by atomic mass is 79.9. The average Bonchev–Trinajstić information content (AvgIpc) is 2.85. The van der Waals surface area contributed by atoms with Gasteiger partial charge in [0.1, 0.15) is 5.82 Å². The number of benzene rings is 2. The lowest BCUT2D eigenvalue weighted by Gasteiger charge is -2.17. The Labute approximate surface area is 139 Å². The number of halogens is 1. The van der Waals surface area contributed by atoms with Crippen molar-refractivity contribution in [2.24, 2.45) is 11.7 Å². The number of nitrogens with zero attached hydrogens (tertiary/aromatic N) is 2. The Morgan fingerprint density at radius 1 is 1.14 bits per heavy atom. The third kappa shape index (κ3) is 2.94. The second-order valence-electron chi connectivity index (χ2n) is 5.94. The molecule has 0 bridgehead atoms. The van der Waals surface area contributed by atoms with Gasteiger partial charge in [-0.1, -0.05) is 60.1 Å². The van der Waals surface area contributed by atoms with Gasteiger partial charge in [-0.3, -0.25) is 0 Å². The molecule has 2 N–H and O–H groups in total. The summed E-state index contributed by atoms with van der Waals surface area (Å²) >= 11 is 3.52. The standard InChI is InChI=1S/C18H20BrN3/c1-12(2)17(20)18-21-15-10-14(19)8-9-16(15)22(18)11-13-6-4-3-5-7-13/h3-10,12,17H,11,20H2,1-2H3/t17-/m1/s1. The molecule has 0 saturated carbocycles. The molecule has 4 heteroatoms. The molecule has 114 valence electrons. The monoisotopic (exact) mass is 357 g/mol. The van der Waals surface area contributed by atoms with Crippen LogP contribution in [0, 0.1) is 5.92 Å². The van der Waals surface area contributed by atoms with E-state index < -0.39 is 0 Å². The third-order valence-electron chi connectivity index (χ3n) is 3.94. The van der Waals surface area contributed by atoms with Crippen LogP contribution in [0.3, 0.4) is 0 Å². The van der Waals surface area contributed by atoms with Gasteiger partial charge in [0.15, 0.2) is 0 Å². The molecule has 1 atom stereocenters. The zero-order valence-corrected chi connectivity index (χ0v) is 14.4. The molecule has 3 nitrogen and oxygen atoms in total. The third-order valence-corrected chi connectivity index (χ3v) is 4.43. The Bertz CT molecular complexity index is 778. The van der Waals surface area contributed by atoms with Crippen LogP contribution < -0.4 is 5.73 Å². The van der Waals surface area contributed by atoms with Gasteiger partial charge in [-0.2, -0.15) is 0 Å². The summed E-state index contributed by atoms with van der Waals surface area (Å²) in [4.78, 5) is 4.80. The van der Waals surface area contributed by atoms with Crippen LogP contribution in [-0.4, -0.2) is 9.55 Å². The first kappa shape index (κ1) is 15.3. The summed E-state index contributed by atoms with van der Waals surface area (Å²) in [6, 6.07) is 16.6. The normalized spacial score (nSPS) is 13.0. The first-order valence-electron chi connectivity index (χ1n) is 7.51. The maximum absolute atomic E-state index is 6.40. The molecule has 3 rings (SSSR count). The second kappa shape index (κ2) is 6.23. The first-order chi connectivity index (χ1) is 10.6. The number of hydrogen-bond acceptors (Lipinski definition) is 2. The van der Waals surface area contributed by atoms with E-state index >= 15 is 0 Å². The number of aromatic nitrogens is 2. The fourth-order valence-electron chi connectivity index (χ4n) is 2.61. The zero-order chi connectivity index (χ0) is 15.7. The van der Waals surface area contributed by atoms with Gasteiger partial charge < -0.3 is 10.3 Å². The molecule has 1 aromatic heterocycles. The van der Waals surface area contributed by atoms with E-state index in [-0.39, 0.29) is 6.04 Å². The van der Waals surface area contributed by atoms with Gasteiger partial charge in [-0.15, -0.1) is 0 Å². The van der Waals surface area contributed by atoms with Gasteiger partial charge in [0.05, 0.1) is 17.1 Å². The highest BCUT2D eigenvalue weighted by Crippen LogP contribution is 2.27. The molecular weight excluding hydrogens is 338 g/mol. The average molecular weight is 358 g/mol. The minimum absolute atomic E-state index is 0.0742. The van der Waals surface area contributed by atoms with Crippen LogP contribution >= 0.6 is 15.9 Å². The van der Waals surface area contributed by atoms with Crippen molar-refractivity contribution in [2.75, 3.05) is 0 Å². The van der Waals surface area contributed by atoms with E-state index in [9.17, 15) is 0 Å². The molecule has 0 spiro atoms. The molecule has 0 aliphatic rings. The molecule has 0 amide bonds. The minimum Gasteiger partial charge on any atom is -0.322 e. The van der Waals surface area contributed by atoms with Crippen molar-refractivity contribution in [2.45, 2.75) is 26.4 Å². The van der Waals surface area contributed by atoms with Crippen LogP contribution in [0.15, 0.2) is 53.0 Å². The van der Waals surface area contributed by atoms with Gasteiger partial charge in [-0.05, 0) is 29.7 Å². The number of imidazole rings is 1. The van der Waals surface area contributed by atoms with E-state index in [1.807, 2.05) is 12.1 Å². The predicted molar refractivity (Wildman–Crippen MR) is 94.7 cm³/mol. The smallest absolute Gasteiger partial charge is 0.127 e. The largest absolute Gasteiger partial charge is 0.322 e. The van der Waals surface area contributed by atoms with Crippen molar-refractivity contribution in [1.82, 2.24) is 9.55 Å². The van der Waals surface area contributed by atoms with E-state index in [0.29, 0.717) is 5.92 Å². The Morgan fingerprint density at radius 3 is 2.55 bits per heavy atom. The van der Waals surface area contributed by atoms with Crippen molar-refractivity contribution in [3.63, 3.8) is 0 Å². The Balaban J connectivity index is 2.14. The molecule has 0 aliphatic carbocycles. The summed E-state index contributed by atoms with van der Waals surface area (Å²) in [5.41, 5.74) is 9.76. The molecule has 0 fully saturated rings. The van der Waals surface area contributed by atoms with Crippen LogP contribution in [0.4, 0.5) is 0 Å². The fourth-order valence-corrected chi connectivity index (χ4v) is 2.96. The van der Waals surface area contributed by atoms with Crippen LogP contribution in [0.2, 0.25) is 0 Å². The van der Waals surface area contributed by atoms with Crippen LogP contribution in [0.1, 0.15) is 31.3 Å². The maximum Gasteiger partial charge on any atom is 0.127 e. The number of rotatable bonds is 4. The van der Waals surface area contributed by atoms with Gasteiger partial charge in [-0.25, -0.2) is 4.98 Å². The molecule has 1 heterocycles. The molecule has 2 aromatic carbocycles. The summed E-state index contributed by atoms with van der Waals surface area (Å²) in [5, 5.41) is 0. The van der Waals surface area contributed by atoms with Crippen molar-refractivity contribution < 1.29 is 0 Å². The van der Waals surface area contributed by atoms with E-state index in [0.717, 1.165) is 27.9 Å². The summed E-state index contributed by atoms with van der Waals surface area (Å²) in [7, 11) is 0. The van der Waals surface area contributed by atoms with Gasteiger partial charge >= 0.3 is 0 Å². The zero-order valence-electron chi connectivity index (χ0n) is 12.8. The lowest BCUT2D eigenvalue weighted by molar-refractivity contribution is 0.475. The second-order valence-corrected chi connectivity index (χ2v) is 6.86. The van der Waals surface area contributed by atoms with Crippen molar-refractivity contribution in [3.05, 3.63) is 64.4 Å². The highest BCUT2D eigenvalue weighted by molar-refractivity contribution is 9.10. The summed E-state index contributed by atoms with van der Waals surface area (Å²) in [6.45, 7) is 5.05. The predicted octanol–water partition coefficient (Wildman–Crippen LogP) is 4.50. The van der Waals surface area contributed by atoms with Crippen molar-refractivity contribution in [1.29, 1.82) is 0 Å². The van der Waals surface area contributed by atoms with Crippen LogP contribution in [0.25, 0.3) is 11.0 Å². The maximum atomic E-state index is 6.40. The van der Waals surface area contributed by atoms with Gasteiger partial charge in [0.25, 0.3) is 0 Å². The van der Waals surface area contributed by atoms with E-state index in [2.05, 4.69) is 70.7 Å². The fraction of sp³-hybridized carbons (Fsp3) is 0.278. The van der Waals surface area contributed by atoms with Crippen molar-refractivity contribution >= 4 is 27.0 Å². The SMILES string of the molecule is CC(C)[C@@H](N)c1nc2cc(Br)ccc2n1Cc1ccccc1. The minimum atomic E-state index is -0.0742. The summed E-state index contributed by atoms with van der Waals surface area (Å²) < 4.78 is 3.27. The summed E-state index contributed by atoms with van der Waals surface area (Å²) in [6.07, 6.45) is 0.